The van der Waals surface area contributed by atoms with Gasteiger partial charge in [0.25, 0.3) is 0 Å². The van der Waals surface area contributed by atoms with E-state index in [9.17, 15) is 9.59 Å². The number of hydrogen-bond donors (Lipinski definition) is 0. The van der Waals surface area contributed by atoms with Gasteiger partial charge < -0.3 is 9.47 Å². The quantitative estimate of drug-likeness (QED) is 0.366. The molecule has 7 aliphatic rings. The second kappa shape index (κ2) is 7.39. The van der Waals surface area contributed by atoms with Crippen molar-refractivity contribution in [2.45, 2.75) is 125 Å². The van der Waals surface area contributed by atoms with Gasteiger partial charge in [0.2, 0.25) is 0 Å². The van der Waals surface area contributed by atoms with Crippen molar-refractivity contribution in [1.29, 1.82) is 0 Å². The number of fused-ring (bicyclic) bond motifs is 7. The first-order valence-electron chi connectivity index (χ1n) is 15.0. The standard InChI is InChI=1S/C32H50O4/c1-19-26-21-9-10-23-28(5)13-12-25(36-20(2)33)27(3,4)22(28)11-14-30(23,7)29(21,6)15-16-32(26)17-24(34)31(19,8)35-18-32/h19,21-23,25-26H,9-18H2,1-8H3/t19-,21-,22-,23+,25-,26+,28+,29+,30-,31+,32-/m0/s1. The van der Waals surface area contributed by atoms with Gasteiger partial charge in [-0.1, -0.05) is 41.5 Å². The highest BCUT2D eigenvalue weighted by Crippen LogP contribution is 2.77. The average molecular weight is 499 g/mol. The number of esters is 1. The lowest BCUT2D eigenvalue weighted by Crippen LogP contribution is -2.72. The van der Waals surface area contributed by atoms with Crippen LogP contribution in [0.2, 0.25) is 0 Å². The third-order valence-electron chi connectivity index (χ3n) is 14.6. The van der Waals surface area contributed by atoms with Gasteiger partial charge in [-0.25, -0.2) is 0 Å². The van der Waals surface area contributed by atoms with Crippen LogP contribution >= 0.6 is 0 Å². The van der Waals surface area contributed by atoms with Crippen LogP contribution in [0.4, 0.5) is 0 Å². The number of hydrogen-bond acceptors (Lipinski definition) is 4. The van der Waals surface area contributed by atoms with Gasteiger partial charge in [-0.2, -0.15) is 0 Å². The minimum atomic E-state index is -0.578. The van der Waals surface area contributed by atoms with E-state index < -0.39 is 5.60 Å². The van der Waals surface area contributed by atoms with Gasteiger partial charge in [-0.3, -0.25) is 9.59 Å². The molecule has 0 unspecified atom stereocenters. The summed E-state index contributed by atoms with van der Waals surface area (Å²) in [5, 5.41) is 0. The number of Topliss-reactive ketones (excluding diaryl/α,β-unsaturated/α-hetero) is 1. The van der Waals surface area contributed by atoms with Gasteiger partial charge in [-0.05, 0) is 104 Å². The molecule has 0 radical (unpaired) electrons. The zero-order valence-corrected chi connectivity index (χ0v) is 24.2. The number of carbonyl (C=O) groups excluding carboxylic acids is 2. The fourth-order valence-corrected chi connectivity index (χ4v) is 12.4. The molecule has 0 amide bonds. The highest BCUT2D eigenvalue weighted by molar-refractivity contribution is 5.89. The number of ether oxygens (including phenoxy) is 2. The predicted octanol–water partition coefficient (Wildman–Crippen LogP) is 6.99. The Morgan fingerprint density at radius 3 is 2.28 bits per heavy atom. The zero-order chi connectivity index (χ0) is 26.1. The largest absolute Gasteiger partial charge is 0.462 e. The Kier molecular flexibility index (Phi) is 5.21. The molecule has 0 aromatic carbocycles. The SMILES string of the molecule is CC(=O)O[C@H]1CC[C@@]2(C)[C@H]3CC[C@H]4[C@H]5[C@H](C)[C@@]6(C)OC[C@]5(CC[C@@]4(C)[C@@]3(C)CC[C@H]2C1(C)C)CC6=O. The predicted molar refractivity (Wildman–Crippen MR) is 140 cm³/mol. The van der Waals surface area contributed by atoms with E-state index in [4.69, 9.17) is 9.47 Å². The van der Waals surface area contributed by atoms with E-state index in [1.54, 1.807) is 6.92 Å². The van der Waals surface area contributed by atoms with Crippen LogP contribution in [0.15, 0.2) is 0 Å². The molecule has 36 heavy (non-hydrogen) atoms. The molecule has 2 aliphatic heterocycles. The van der Waals surface area contributed by atoms with Crippen LogP contribution in [0.1, 0.15) is 113 Å². The van der Waals surface area contributed by atoms with Crippen molar-refractivity contribution < 1.29 is 19.1 Å². The average Bonchev–Trinajstić information content (AvgIpc) is 2.78. The molecule has 0 aromatic heterocycles. The summed E-state index contributed by atoms with van der Waals surface area (Å²) >= 11 is 0. The third kappa shape index (κ3) is 2.81. The van der Waals surface area contributed by atoms with Crippen LogP contribution in [-0.4, -0.2) is 30.1 Å². The van der Waals surface area contributed by atoms with Gasteiger partial charge >= 0.3 is 5.97 Å². The summed E-state index contributed by atoms with van der Waals surface area (Å²) in [6.45, 7) is 19.5. The molecule has 2 bridgehead atoms. The molecule has 11 atom stereocenters. The Morgan fingerprint density at radius 2 is 1.61 bits per heavy atom. The minimum absolute atomic E-state index is 0.0116. The van der Waals surface area contributed by atoms with Crippen molar-refractivity contribution in [2.75, 3.05) is 6.61 Å². The summed E-state index contributed by atoms with van der Waals surface area (Å²) in [5.41, 5.74) is 0.422. The van der Waals surface area contributed by atoms with E-state index in [2.05, 4.69) is 48.5 Å². The molecular formula is C32H50O4. The first-order chi connectivity index (χ1) is 16.7. The van der Waals surface area contributed by atoms with E-state index in [0.717, 1.165) is 25.9 Å². The van der Waals surface area contributed by atoms with Crippen LogP contribution in [-0.2, 0) is 19.1 Å². The molecule has 0 N–H and O–H groups in total. The molecule has 0 aromatic rings. The molecule has 5 aliphatic carbocycles. The summed E-state index contributed by atoms with van der Waals surface area (Å²) in [5.74, 6) is 3.13. The lowest BCUT2D eigenvalue weighted by molar-refractivity contribution is -0.294. The second-order valence-corrected chi connectivity index (χ2v) is 15.8. The van der Waals surface area contributed by atoms with Gasteiger partial charge in [0, 0.05) is 24.2 Å². The topological polar surface area (TPSA) is 52.6 Å². The molecule has 4 heteroatoms. The summed E-state index contributed by atoms with van der Waals surface area (Å²) < 4.78 is 12.3. The van der Waals surface area contributed by atoms with Crippen LogP contribution in [0.3, 0.4) is 0 Å². The highest BCUT2D eigenvalue weighted by Gasteiger charge is 2.73. The van der Waals surface area contributed by atoms with Gasteiger partial charge in [0.15, 0.2) is 5.78 Å². The number of rotatable bonds is 1. The lowest BCUT2D eigenvalue weighted by Gasteiger charge is -2.75. The van der Waals surface area contributed by atoms with E-state index in [1.165, 1.54) is 38.5 Å². The first kappa shape index (κ1) is 25.4. The molecule has 1 spiro atoms. The maximum Gasteiger partial charge on any atom is 0.302 e. The first-order valence-corrected chi connectivity index (χ1v) is 15.0. The monoisotopic (exact) mass is 498 g/mol. The number of carbonyl (C=O) groups is 2. The van der Waals surface area contributed by atoms with Crippen LogP contribution in [0.25, 0.3) is 0 Å². The van der Waals surface area contributed by atoms with Crippen molar-refractivity contribution in [1.82, 2.24) is 0 Å². The Balaban J connectivity index is 1.36. The van der Waals surface area contributed by atoms with E-state index in [0.29, 0.717) is 51.6 Å². The summed E-state index contributed by atoms with van der Waals surface area (Å²) in [7, 11) is 0. The molecule has 202 valence electrons. The van der Waals surface area contributed by atoms with Gasteiger partial charge in [0.1, 0.15) is 11.7 Å². The lowest BCUT2D eigenvalue weighted by atomic mass is 9.30. The van der Waals surface area contributed by atoms with Crippen LogP contribution in [0, 0.1) is 56.7 Å². The van der Waals surface area contributed by atoms with Crippen molar-refractivity contribution in [3.05, 3.63) is 0 Å². The molecule has 5 saturated carbocycles. The van der Waals surface area contributed by atoms with E-state index in [-0.39, 0.29) is 22.9 Å². The maximum atomic E-state index is 13.2. The molecule has 2 heterocycles. The molecule has 7 fully saturated rings. The fraction of sp³-hybridized carbons (Fsp3) is 0.938. The molecule has 4 nitrogen and oxygen atoms in total. The van der Waals surface area contributed by atoms with E-state index >= 15 is 0 Å². The van der Waals surface area contributed by atoms with Crippen LogP contribution < -0.4 is 0 Å². The normalized spacial score (nSPS) is 57.2. The smallest absolute Gasteiger partial charge is 0.302 e. The Hall–Kier alpha value is -0.900. The Bertz CT molecular complexity index is 987. The minimum Gasteiger partial charge on any atom is -0.462 e. The highest BCUT2D eigenvalue weighted by atomic mass is 16.5. The van der Waals surface area contributed by atoms with Gasteiger partial charge in [0.05, 0.1) is 6.61 Å². The van der Waals surface area contributed by atoms with E-state index in [1.807, 2.05) is 0 Å². The molecular weight excluding hydrogens is 448 g/mol. The zero-order valence-electron chi connectivity index (χ0n) is 24.2. The molecule has 2 saturated heterocycles. The Labute approximate surface area is 219 Å². The van der Waals surface area contributed by atoms with Crippen molar-refractivity contribution in [3.8, 4) is 0 Å². The second-order valence-electron chi connectivity index (χ2n) is 15.8. The fourth-order valence-electron chi connectivity index (χ4n) is 12.4. The molecule has 7 rings (SSSR count). The van der Waals surface area contributed by atoms with Gasteiger partial charge in [-0.15, -0.1) is 0 Å². The number of ketones is 1. The van der Waals surface area contributed by atoms with Crippen LogP contribution in [0.5, 0.6) is 0 Å². The Morgan fingerprint density at radius 1 is 0.889 bits per heavy atom. The summed E-state index contributed by atoms with van der Waals surface area (Å²) in [4.78, 5) is 25.1. The summed E-state index contributed by atoms with van der Waals surface area (Å²) in [6, 6.07) is 0. The van der Waals surface area contributed by atoms with Crippen molar-refractivity contribution in [2.24, 2.45) is 56.7 Å². The third-order valence-corrected chi connectivity index (χ3v) is 14.6. The maximum absolute atomic E-state index is 13.2. The van der Waals surface area contributed by atoms with Crippen molar-refractivity contribution >= 4 is 11.8 Å². The summed E-state index contributed by atoms with van der Waals surface area (Å²) in [6.07, 6.45) is 10.5. The van der Waals surface area contributed by atoms with Crippen molar-refractivity contribution in [3.63, 3.8) is 0 Å².